The molecule has 4 heteroatoms. The van der Waals surface area contributed by atoms with Gasteiger partial charge in [-0.2, -0.15) is 0 Å². The summed E-state index contributed by atoms with van der Waals surface area (Å²) < 4.78 is 10.6. The molecule has 1 heterocycles. The van der Waals surface area contributed by atoms with Crippen LogP contribution in [0.2, 0.25) is 0 Å². The Morgan fingerprint density at radius 1 is 1.29 bits per heavy atom. The van der Waals surface area contributed by atoms with Crippen LogP contribution in [-0.2, 0) is 0 Å². The van der Waals surface area contributed by atoms with Crippen molar-refractivity contribution in [2.24, 2.45) is 0 Å². The molecular formula is C13H13BrO3. The van der Waals surface area contributed by atoms with E-state index in [1.54, 1.807) is 12.1 Å². The van der Waals surface area contributed by atoms with Gasteiger partial charge in [0, 0.05) is 17.5 Å². The molecule has 1 aromatic heterocycles. The molecule has 0 atom stereocenters. The SMILES string of the molecule is CC(C)(Br)COc1ccc2ccc(=O)oc2c1. The van der Waals surface area contributed by atoms with E-state index in [1.165, 1.54) is 6.07 Å². The van der Waals surface area contributed by atoms with E-state index in [0.29, 0.717) is 17.9 Å². The zero-order valence-electron chi connectivity index (χ0n) is 9.70. The maximum atomic E-state index is 11.1. The summed E-state index contributed by atoms with van der Waals surface area (Å²) in [5.74, 6) is 0.694. The van der Waals surface area contributed by atoms with Crippen LogP contribution in [0.5, 0.6) is 5.75 Å². The minimum absolute atomic E-state index is 0.0838. The monoisotopic (exact) mass is 296 g/mol. The Bertz CT molecular complexity index is 581. The van der Waals surface area contributed by atoms with Gasteiger partial charge in [-0.1, -0.05) is 15.9 Å². The quantitative estimate of drug-likeness (QED) is 0.644. The van der Waals surface area contributed by atoms with Crippen molar-refractivity contribution in [1.29, 1.82) is 0 Å². The summed E-state index contributed by atoms with van der Waals surface area (Å²) in [5, 5.41) is 0.884. The van der Waals surface area contributed by atoms with Crippen molar-refractivity contribution >= 4 is 26.9 Å². The van der Waals surface area contributed by atoms with Gasteiger partial charge in [0.05, 0.1) is 4.32 Å². The molecule has 0 radical (unpaired) electrons. The van der Waals surface area contributed by atoms with E-state index in [1.807, 2.05) is 26.0 Å². The fourth-order valence-corrected chi connectivity index (χ4v) is 1.50. The molecule has 3 nitrogen and oxygen atoms in total. The fraction of sp³-hybridized carbons (Fsp3) is 0.308. The molecule has 0 aliphatic rings. The first-order valence-electron chi connectivity index (χ1n) is 5.30. The summed E-state index contributed by atoms with van der Waals surface area (Å²) in [6.45, 7) is 4.58. The predicted octanol–water partition coefficient (Wildman–Crippen LogP) is 3.35. The van der Waals surface area contributed by atoms with Gasteiger partial charge >= 0.3 is 5.63 Å². The third-order valence-corrected chi connectivity index (χ3v) is 2.41. The second-order valence-corrected chi connectivity index (χ2v) is 6.61. The third kappa shape index (κ3) is 3.33. The van der Waals surface area contributed by atoms with Crippen LogP contribution in [0.25, 0.3) is 11.0 Å². The fourth-order valence-electron chi connectivity index (χ4n) is 1.39. The summed E-state index contributed by atoms with van der Waals surface area (Å²) in [5.41, 5.74) is 0.192. The predicted molar refractivity (Wildman–Crippen MR) is 71.0 cm³/mol. The van der Waals surface area contributed by atoms with Crippen LogP contribution in [0.4, 0.5) is 0 Å². The summed E-state index contributed by atoms with van der Waals surface area (Å²) >= 11 is 3.50. The normalized spacial score (nSPS) is 11.7. The molecule has 2 aromatic rings. The second kappa shape index (κ2) is 4.53. The lowest BCUT2D eigenvalue weighted by Crippen LogP contribution is -2.20. The highest BCUT2D eigenvalue weighted by Gasteiger charge is 2.13. The molecule has 1 aromatic carbocycles. The number of ether oxygens (including phenoxy) is 1. The van der Waals surface area contributed by atoms with Crippen LogP contribution in [0.15, 0.2) is 39.5 Å². The first-order chi connectivity index (χ1) is 7.94. The standard InChI is InChI=1S/C13H13BrO3/c1-13(2,14)8-16-10-5-3-9-4-6-12(15)17-11(9)7-10/h3-7H,8H2,1-2H3. The van der Waals surface area contributed by atoms with E-state index in [4.69, 9.17) is 9.15 Å². The van der Waals surface area contributed by atoms with E-state index in [9.17, 15) is 4.79 Å². The molecule has 0 saturated heterocycles. The Kier molecular flexibility index (Phi) is 3.24. The molecule has 0 fully saturated rings. The van der Waals surface area contributed by atoms with E-state index < -0.39 is 0 Å². The van der Waals surface area contributed by atoms with Gasteiger partial charge in [-0.15, -0.1) is 0 Å². The van der Waals surface area contributed by atoms with E-state index >= 15 is 0 Å². The largest absolute Gasteiger partial charge is 0.492 e. The van der Waals surface area contributed by atoms with Crippen LogP contribution < -0.4 is 10.4 Å². The highest BCUT2D eigenvalue weighted by atomic mass is 79.9. The maximum absolute atomic E-state index is 11.1. The zero-order chi connectivity index (χ0) is 12.5. The van der Waals surface area contributed by atoms with Crippen molar-refractivity contribution in [2.45, 2.75) is 18.2 Å². The van der Waals surface area contributed by atoms with Gasteiger partial charge in [0.2, 0.25) is 0 Å². The molecule has 0 bridgehead atoms. The lowest BCUT2D eigenvalue weighted by molar-refractivity contribution is 0.290. The highest BCUT2D eigenvalue weighted by Crippen LogP contribution is 2.22. The number of rotatable bonds is 3. The first kappa shape index (κ1) is 12.2. The van der Waals surface area contributed by atoms with Gasteiger partial charge in [-0.25, -0.2) is 4.79 Å². The van der Waals surface area contributed by atoms with Gasteiger partial charge in [-0.05, 0) is 32.0 Å². The van der Waals surface area contributed by atoms with E-state index in [2.05, 4.69) is 15.9 Å². The van der Waals surface area contributed by atoms with Crippen LogP contribution in [0.3, 0.4) is 0 Å². The third-order valence-electron chi connectivity index (χ3n) is 2.18. The number of halogens is 1. The average molecular weight is 297 g/mol. The van der Waals surface area contributed by atoms with Gasteiger partial charge in [0.15, 0.2) is 0 Å². The van der Waals surface area contributed by atoms with Gasteiger partial charge in [0.25, 0.3) is 0 Å². The molecule has 90 valence electrons. The van der Waals surface area contributed by atoms with Crippen molar-refractivity contribution in [3.05, 3.63) is 40.8 Å². The zero-order valence-corrected chi connectivity index (χ0v) is 11.3. The molecular weight excluding hydrogens is 284 g/mol. The van der Waals surface area contributed by atoms with Gasteiger partial charge in [0.1, 0.15) is 17.9 Å². The van der Waals surface area contributed by atoms with Crippen LogP contribution in [0.1, 0.15) is 13.8 Å². The number of fused-ring (bicyclic) bond motifs is 1. The number of hydrogen-bond acceptors (Lipinski definition) is 3. The number of benzene rings is 1. The number of alkyl halides is 1. The Balaban J connectivity index is 2.28. The van der Waals surface area contributed by atoms with Gasteiger partial charge < -0.3 is 9.15 Å². The van der Waals surface area contributed by atoms with Crippen molar-refractivity contribution in [3.8, 4) is 5.75 Å². The Morgan fingerprint density at radius 2 is 2.00 bits per heavy atom. The van der Waals surface area contributed by atoms with Crippen LogP contribution in [-0.4, -0.2) is 10.9 Å². The Labute approximate surface area is 108 Å². The summed E-state index contributed by atoms with van der Waals surface area (Å²) in [6, 6.07) is 8.61. The minimum Gasteiger partial charge on any atom is -0.492 e. The lowest BCUT2D eigenvalue weighted by Gasteiger charge is -2.16. The Morgan fingerprint density at radius 3 is 2.71 bits per heavy atom. The molecule has 0 spiro atoms. The second-order valence-electron chi connectivity index (χ2n) is 4.46. The van der Waals surface area contributed by atoms with Crippen molar-refractivity contribution in [1.82, 2.24) is 0 Å². The van der Waals surface area contributed by atoms with Crippen molar-refractivity contribution in [3.63, 3.8) is 0 Å². The summed E-state index contributed by atoms with van der Waals surface area (Å²) in [4.78, 5) is 11.1. The molecule has 0 aliphatic heterocycles. The molecule has 0 amide bonds. The minimum atomic E-state index is -0.351. The van der Waals surface area contributed by atoms with Crippen LogP contribution in [0, 0.1) is 0 Å². The van der Waals surface area contributed by atoms with E-state index in [-0.39, 0.29) is 9.95 Å². The smallest absolute Gasteiger partial charge is 0.336 e. The summed E-state index contributed by atoms with van der Waals surface area (Å²) in [7, 11) is 0. The van der Waals surface area contributed by atoms with Gasteiger partial charge in [-0.3, -0.25) is 0 Å². The molecule has 2 rings (SSSR count). The van der Waals surface area contributed by atoms with Crippen molar-refractivity contribution < 1.29 is 9.15 Å². The molecule has 0 N–H and O–H groups in total. The molecule has 0 aliphatic carbocycles. The highest BCUT2D eigenvalue weighted by molar-refractivity contribution is 9.10. The topological polar surface area (TPSA) is 39.4 Å². The van der Waals surface area contributed by atoms with Crippen LogP contribution >= 0.6 is 15.9 Å². The molecule has 0 saturated carbocycles. The molecule has 0 unspecified atom stereocenters. The van der Waals surface area contributed by atoms with E-state index in [0.717, 1.165) is 5.39 Å². The first-order valence-corrected chi connectivity index (χ1v) is 6.09. The molecule has 17 heavy (non-hydrogen) atoms. The Hall–Kier alpha value is -1.29. The maximum Gasteiger partial charge on any atom is 0.336 e. The lowest BCUT2D eigenvalue weighted by atomic mass is 10.2. The summed E-state index contributed by atoms with van der Waals surface area (Å²) in [6.07, 6.45) is 0. The number of hydrogen-bond donors (Lipinski definition) is 0. The van der Waals surface area contributed by atoms with Crippen molar-refractivity contribution in [2.75, 3.05) is 6.61 Å². The average Bonchev–Trinajstić information content (AvgIpc) is 2.24.